The van der Waals surface area contributed by atoms with Crippen LogP contribution in [0.2, 0.25) is 0 Å². The molecule has 0 radical (unpaired) electrons. The minimum atomic E-state index is -0.411. The molecule has 3 N–H and O–H groups in total. The van der Waals surface area contributed by atoms with Crippen LogP contribution in [0.1, 0.15) is 13.3 Å². The van der Waals surface area contributed by atoms with Crippen molar-refractivity contribution in [3.05, 3.63) is 12.4 Å². The molecule has 0 saturated heterocycles. The highest BCUT2D eigenvalue weighted by atomic mass is 16.2. The van der Waals surface area contributed by atoms with Crippen LogP contribution in [0.3, 0.4) is 0 Å². The predicted octanol–water partition coefficient (Wildman–Crippen LogP) is -0.868. The summed E-state index contributed by atoms with van der Waals surface area (Å²) < 4.78 is 1.65. The highest BCUT2D eigenvalue weighted by Crippen LogP contribution is 1.85. The Morgan fingerprint density at radius 2 is 2.50 bits per heavy atom. The van der Waals surface area contributed by atoms with E-state index in [2.05, 4.69) is 15.6 Å². The molecule has 0 fully saturated rings. The number of nitrogens with one attached hydrogen (secondary N) is 1. The lowest BCUT2D eigenvalue weighted by atomic mass is 10.2. The average Bonchev–Trinajstić information content (AvgIpc) is 2.69. The van der Waals surface area contributed by atoms with Crippen LogP contribution in [-0.4, -0.2) is 33.5 Å². The van der Waals surface area contributed by atoms with E-state index in [1.165, 1.54) is 0 Å². The fraction of sp³-hybridized carbons (Fsp3) is 0.625. The van der Waals surface area contributed by atoms with Gasteiger partial charge in [-0.25, -0.2) is 0 Å². The summed E-state index contributed by atoms with van der Waals surface area (Å²) in [5, 5.41) is 10.1. The summed E-state index contributed by atoms with van der Waals surface area (Å²) in [5.74, 6) is -0.118. The lowest BCUT2D eigenvalue weighted by Crippen LogP contribution is -2.41. The van der Waals surface area contributed by atoms with Gasteiger partial charge in [-0.1, -0.05) is 12.1 Å². The highest BCUT2D eigenvalue weighted by Gasteiger charge is 2.09. The van der Waals surface area contributed by atoms with E-state index >= 15 is 0 Å². The Kier molecular flexibility index (Phi) is 4.06. The van der Waals surface area contributed by atoms with E-state index in [4.69, 9.17) is 5.73 Å². The van der Waals surface area contributed by atoms with Gasteiger partial charge in [0.25, 0.3) is 0 Å². The molecule has 0 aliphatic rings. The molecule has 1 amide bonds. The SMILES string of the molecule is CC[C@@H](N)C(=O)NCCn1ccnn1. The molecule has 0 aliphatic heterocycles. The molecular formula is C8H15N5O. The van der Waals surface area contributed by atoms with Crippen molar-refractivity contribution in [2.45, 2.75) is 25.9 Å². The van der Waals surface area contributed by atoms with Crippen LogP contribution >= 0.6 is 0 Å². The first-order chi connectivity index (χ1) is 6.74. The zero-order chi connectivity index (χ0) is 10.4. The molecule has 6 nitrogen and oxygen atoms in total. The third-order valence-electron chi connectivity index (χ3n) is 1.89. The fourth-order valence-corrected chi connectivity index (χ4v) is 0.962. The molecule has 0 spiro atoms. The number of hydrogen-bond donors (Lipinski definition) is 2. The predicted molar refractivity (Wildman–Crippen MR) is 51.3 cm³/mol. The Morgan fingerprint density at radius 1 is 1.71 bits per heavy atom. The number of rotatable bonds is 5. The van der Waals surface area contributed by atoms with Gasteiger partial charge in [0.05, 0.1) is 18.8 Å². The summed E-state index contributed by atoms with van der Waals surface area (Å²) in [5.41, 5.74) is 5.53. The van der Waals surface area contributed by atoms with E-state index in [-0.39, 0.29) is 5.91 Å². The van der Waals surface area contributed by atoms with Crippen molar-refractivity contribution in [1.29, 1.82) is 0 Å². The minimum Gasteiger partial charge on any atom is -0.353 e. The van der Waals surface area contributed by atoms with Crippen molar-refractivity contribution >= 4 is 5.91 Å². The first-order valence-electron chi connectivity index (χ1n) is 4.61. The average molecular weight is 197 g/mol. The molecule has 0 bridgehead atoms. The quantitative estimate of drug-likeness (QED) is 0.642. The summed E-state index contributed by atoms with van der Waals surface area (Å²) in [6.07, 6.45) is 3.99. The van der Waals surface area contributed by atoms with Gasteiger partial charge in [-0.2, -0.15) is 0 Å². The lowest BCUT2D eigenvalue weighted by Gasteiger charge is -2.09. The van der Waals surface area contributed by atoms with Crippen molar-refractivity contribution in [1.82, 2.24) is 20.3 Å². The van der Waals surface area contributed by atoms with Crippen molar-refractivity contribution in [2.75, 3.05) is 6.54 Å². The molecule has 0 saturated carbocycles. The monoisotopic (exact) mass is 197 g/mol. The van der Waals surface area contributed by atoms with Gasteiger partial charge >= 0.3 is 0 Å². The topological polar surface area (TPSA) is 85.8 Å². The van der Waals surface area contributed by atoms with Crippen molar-refractivity contribution < 1.29 is 4.79 Å². The maximum absolute atomic E-state index is 11.2. The fourth-order valence-electron chi connectivity index (χ4n) is 0.962. The molecule has 1 atom stereocenters. The van der Waals surface area contributed by atoms with Gasteiger partial charge in [-0.05, 0) is 6.42 Å². The highest BCUT2D eigenvalue weighted by molar-refractivity contribution is 5.81. The van der Waals surface area contributed by atoms with E-state index in [1.807, 2.05) is 6.92 Å². The maximum Gasteiger partial charge on any atom is 0.236 e. The van der Waals surface area contributed by atoms with E-state index in [1.54, 1.807) is 17.1 Å². The summed E-state index contributed by atoms with van der Waals surface area (Å²) in [6.45, 7) is 3.01. The summed E-state index contributed by atoms with van der Waals surface area (Å²) >= 11 is 0. The summed E-state index contributed by atoms with van der Waals surface area (Å²) in [4.78, 5) is 11.2. The number of nitrogens with two attached hydrogens (primary N) is 1. The van der Waals surface area contributed by atoms with Gasteiger partial charge < -0.3 is 11.1 Å². The third-order valence-corrected chi connectivity index (χ3v) is 1.89. The second kappa shape index (κ2) is 5.33. The van der Waals surface area contributed by atoms with Crippen molar-refractivity contribution in [3.63, 3.8) is 0 Å². The second-order valence-corrected chi connectivity index (χ2v) is 2.97. The van der Waals surface area contributed by atoms with E-state index in [0.29, 0.717) is 19.5 Å². The summed E-state index contributed by atoms with van der Waals surface area (Å²) in [6, 6.07) is -0.411. The molecule has 1 rings (SSSR count). The van der Waals surface area contributed by atoms with Crippen LogP contribution in [0.25, 0.3) is 0 Å². The normalized spacial score (nSPS) is 12.4. The lowest BCUT2D eigenvalue weighted by molar-refractivity contribution is -0.122. The number of amides is 1. The summed E-state index contributed by atoms with van der Waals surface area (Å²) in [7, 11) is 0. The van der Waals surface area contributed by atoms with Gasteiger partial charge in [0.2, 0.25) is 5.91 Å². The smallest absolute Gasteiger partial charge is 0.236 e. The number of carbonyl (C=O) groups is 1. The first kappa shape index (κ1) is 10.6. The van der Waals surface area contributed by atoms with Crippen molar-refractivity contribution in [2.24, 2.45) is 5.73 Å². The minimum absolute atomic E-state index is 0.118. The molecular weight excluding hydrogens is 182 g/mol. The van der Waals surface area contributed by atoms with E-state index < -0.39 is 6.04 Å². The Morgan fingerprint density at radius 3 is 3.07 bits per heavy atom. The van der Waals surface area contributed by atoms with Crippen LogP contribution in [-0.2, 0) is 11.3 Å². The molecule has 14 heavy (non-hydrogen) atoms. The zero-order valence-corrected chi connectivity index (χ0v) is 8.18. The molecule has 78 valence electrons. The zero-order valence-electron chi connectivity index (χ0n) is 8.18. The van der Waals surface area contributed by atoms with Gasteiger partial charge in [0.1, 0.15) is 0 Å². The number of carbonyl (C=O) groups excluding carboxylic acids is 1. The number of nitrogens with zero attached hydrogens (tertiary/aromatic N) is 3. The molecule has 0 aliphatic carbocycles. The Hall–Kier alpha value is -1.43. The van der Waals surface area contributed by atoms with Crippen molar-refractivity contribution in [3.8, 4) is 0 Å². The van der Waals surface area contributed by atoms with E-state index in [0.717, 1.165) is 0 Å². The molecule has 0 aromatic carbocycles. The molecule has 1 heterocycles. The van der Waals surface area contributed by atoms with Crippen LogP contribution in [0.5, 0.6) is 0 Å². The number of aromatic nitrogens is 3. The standard InChI is InChI=1S/C8H15N5O/c1-2-7(9)8(14)10-3-5-13-6-4-11-12-13/h4,6-7H,2-3,5,9H2,1H3,(H,10,14)/t7-/m1/s1. The van der Waals surface area contributed by atoms with Gasteiger partial charge in [0, 0.05) is 12.7 Å². The molecule has 6 heteroatoms. The van der Waals surface area contributed by atoms with Crippen LogP contribution in [0, 0.1) is 0 Å². The maximum atomic E-state index is 11.2. The van der Waals surface area contributed by atoms with Crippen LogP contribution < -0.4 is 11.1 Å². The Labute approximate surface area is 82.5 Å². The second-order valence-electron chi connectivity index (χ2n) is 2.97. The number of hydrogen-bond acceptors (Lipinski definition) is 4. The molecule has 0 unspecified atom stereocenters. The van der Waals surface area contributed by atoms with Gasteiger partial charge in [0.15, 0.2) is 0 Å². The Bertz CT molecular complexity index is 271. The third kappa shape index (κ3) is 3.14. The Balaban J connectivity index is 2.18. The van der Waals surface area contributed by atoms with Crippen LogP contribution in [0.4, 0.5) is 0 Å². The molecule has 1 aromatic rings. The van der Waals surface area contributed by atoms with Gasteiger partial charge in [-0.15, -0.1) is 5.10 Å². The van der Waals surface area contributed by atoms with E-state index in [9.17, 15) is 4.79 Å². The van der Waals surface area contributed by atoms with Crippen LogP contribution in [0.15, 0.2) is 12.4 Å². The first-order valence-corrected chi connectivity index (χ1v) is 4.61. The molecule has 1 aromatic heterocycles. The van der Waals surface area contributed by atoms with Gasteiger partial charge in [-0.3, -0.25) is 9.48 Å². The largest absolute Gasteiger partial charge is 0.353 e.